The molecule has 1 amide bonds. The van der Waals surface area contributed by atoms with E-state index in [9.17, 15) is 9.90 Å². The van der Waals surface area contributed by atoms with Crippen LogP contribution in [0.3, 0.4) is 0 Å². The third-order valence-electron chi connectivity index (χ3n) is 4.19. The Morgan fingerprint density at radius 3 is 2.68 bits per heavy atom. The lowest BCUT2D eigenvalue weighted by atomic mass is 9.86. The SMILES string of the molecule is CCC(=O)NC1CC(C)(C)Oc2c(CC)cc(C(C)O)cc21. The summed E-state index contributed by atoms with van der Waals surface area (Å²) in [7, 11) is 0. The molecular weight excluding hydrogens is 278 g/mol. The third kappa shape index (κ3) is 3.43. The van der Waals surface area contributed by atoms with Gasteiger partial charge in [-0.25, -0.2) is 0 Å². The Bertz CT molecular complexity index is 564. The zero-order valence-corrected chi connectivity index (χ0v) is 14.2. The fourth-order valence-corrected chi connectivity index (χ4v) is 2.97. The minimum absolute atomic E-state index is 0.0362. The Morgan fingerprint density at radius 2 is 2.14 bits per heavy atom. The molecule has 4 nitrogen and oxygen atoms in total. The topological polar surface area (TPSA) is 58.6 Å². The molecule has 0 bridgehead atoms. The predicted molar refractivity (Wildman–Crippen MR) is 87.0 cm³/mol. The molecule has 0 aliphatic carbocycles. The largest absolute Gasteiger partial charge is 0.487 e. The summed E-state index contributed by atoms with van der Waals surface area (Å²) in [5.41, 5.74) is 2.61. The summed E-state index contributed by atoms with van der Waals surface area (Å²) < 4.78 is 6.19. The highest BCUT2D eigenvalue weighted by Gasteiger charge is 2.36. The van der Waals surface area contributed by atoms with Crippen molar-refractivity contribution in [2.24, 2.45) is 0 Å². The molecule has 0 saturated heterocycles. The smallest absolute Gasteiger partial charge is 0.220 e. The Kier molecular flexibility index (Phi) is 4.81. The number of aliphatic hydroxyl groups is 1. The molecule has 22 heavy (non-hydrogen) atoms. The number of aliphatic hydroxyl groups excluding tert-OH is 1. The maximum Gasteiger partial charge on any atom is 0.220 e. The second kappa shape index (κ2) is 6.29. The van der Waals surface area contributed by atoms with E-state index < -0.39 is 6.10 Å². The highest BCUT2D eigenvalue weighted by molar-refractivity contribution is 5.76. The van der Waals surface area contributed by atoms with Gasteiger partial charge in [0.05, 0.1) is 12.1 Å². The van der Waals surface area contributed by atoms with Crippen molar-refractivity contribution in [3.8, 4) is 5.75 Å². The molecule has 2 atom stereocenters. The van der Waals surface area contributed by atoms with Crippen molar-refractivity contribution in [2.75, 3.05) is 0 Å². The maximum atomic E-state index is 11.9. The fourth-order valence-electron chi connectivity index (χ4n) is 2.97. The molecule has 0 spiro atoms. The first-order valence-electron chi connectivity index (χ1n) is 8.10. The van der Waals surface area contributed by atoms with Gasteiger partial charge >= 0.3 is 0 Å². The van der Waals surface area contributed by atoms with Gasteiger partial charge in [0.15, 0.2) is 0 Å². The van der Waals surface area contributed by atoms with Gasteiger partial charge in [0.1, 0.15) is 11.4 Å². The summed E-state index contributed by atoms with van der Waals surface area (Å²) in [6.45, 7) is 9.77. The van der Waals surface area contributed by atoms with Crippen LogP contribution in [-0.2, 0) is 11.2 Å². The second-order valence-electron chi connectivity index (χ2n) is 6.67. The van der Waals surface area contributed by atoms with Crippen LogP contribution in [0.5, 0.6) is 5.75 Å². The number of benzene rings is 1. The Hall–Kier alpha value is -1.55. The molecule has 2 rings (SSSR count). The minimum atomic E-state index is -0.534. The molecule has 2 unspecified atom stereocenters. The van der Waals surface area contributed by atoms with Gasteiger partial charge in [-0.15, -0.1) is 0 Å². The number of hydrogen-bond acceptors (Lipinski definition) is 3. The maximum absolute atomic E-state index is 11.9. The van der Waals surface area contributed by atoms with E-state index in [0.717, 1.165) is 35.3 Å². The van der Waals surface area contributed by atoms with Crippen molar-refractivity contribution in [1.29, 1.82) is 0 Å². The van der Waals surface area contributed by atoms with Gasteiger partial charge in [-0.05, 0) is 50.5 Å². The number of hydrogen-bond donors (Lipinski definition) is 2. The summed E-state index contributed by atoms with van der Waals surface area (Å²) in [5, 5.41) is 13.0. The van der Waals surface area contributed by atoms with Crippen LogP contribution in [0.15, 0.2) is 12.1 Å². The first-order chi connectivity index (χ1) is 10.3. The van der Waals surface area contributed by atoms with Gasteiger partial charge in [-0.2, -0.15) is 0 Å². The average molecular weight is 305 g/mol. The quantitative estimate of drug-likeness (QED) is 0.896. The third-order valence-corrected chi connectivity index (χ3v) is 4.19. The molecule has 1 aromatic rings. The van der Waals surface area contributed by atoms with Crippen molar-refractivity contribution in [2.45, 2.75) is 71.6 Å². The van der Waals surface area contributed by atoms with E-state index in [2.05, 4.69) is 12.2 Å². The van der Waals surface area contributed by atoms with Crippen LogP contribution in [0.2, 0.25) is 0 Å². The molecule has 122 valence electrons. The van der Waals surface area contributed by atoms with Gasteiger partial charge in [-0.3, -0.25) is 4.79 Å². The van der Waals surface area contributed by atoms with Gasteiger partial charge < -0.3 is 15.2 Å². The number of carbonyl (C=O) groups is 1. The summed E-state index contributed by atoms with van der Waals surface area (Å²) >= 11 is 0. The number of aryl methyl sites for hydroxylation is 1. The lowest BCUT2D eigenvalue weighted by molar-refractivity contribution is -0.122. The minimum Gasteiger partial charge on any atom is -0.487 e. The molecule has 0 aromatic heterocycles. The molecule has 1 heterocycles. The van der Waals surface area contributed by atoms with E-state index in [1.165, 1.54) is 0 Å². The standard InChI is InChI=1S/C18H27NO3/c1-6-12-8-13(11(3)20)9-14-15(19-16(21)7-2)10-18(4,5)22-17(12)14/h8-9,11,15,20H,6-7,10H2,1-5H3,(H,19,21). The van der Waals surface area contributed by atoms with Crippen molar-refractivity contribution >= 4 is 5.91 Å². The van der Waals surface area contributed by atoms with Crippen molar-refractivity contribution in [3.63, 3.8) is 0 Å². The number of ether oxygens (including phenoxy) is 1. The molecule has 1 aromatic carbocycles. The van der Waals surface area contributed by atoms with Crippen LogP contribution in [0, 0.1) is 0 Å². The highest BCUT2D eigenvalue weighted by Crippen LogP contribution is 2.43. The lowest BCUT2D eigenvalue weighted by Gasteiger charge is -2.39. The normalized spacial score (nSPS) is 20.7. The average Bonchev–Trinajstić information content (AvgIpc) is 2.44. The van der Waals surface area contributed by atoms with Gasteiger partial charge in [-0.1, -0.05) is 13.8 Å². The fraction of sp³-hybridized carbons (Fsp3) is 0.611. The summed E-state index contributed by atoms with van der Waals surface area (Å²) in [4.78, 5) is 11.9. The molecule has 0 radical (unpaired) electrons. The molecular formula is C18H27NO3. The number of nitrogens with one attached hydrogen (secondary N) is 1. The zero-order chi connectivity index (χ0) is 16.5. The van der Waals surface area contributed by atoms with Gasteiger partial charge in [0, 0.05) is 18.4 Å². The number of amides is 1. The molecule has 1 aliphatic rings. The van der Waals surface area contributed by atoms with E-state index in [-0.39, 0.29) is 17.6 Å². The van der Waals surface area contributed by atoms with E-state index in [1.807, 2.05) is 32.9 Å². The molecule has 1 aliphatic heterocycles. The van der Waals surface area contributed by atoms with Gasteiger partial charge in [0.2, 0.25) is 5.91 Å². The Morgan fingerprint density at radius 1 is 1.45 bits per heavy atom. The van der Waals surface area contributed by atoms with E-state index in [0.29, 0.717) is 6.42 Å². The van der Waals surface area contributed by atoms with Gasteiger partial charge in [0.25, 0.3) is 0 Å². The summed E-state index contributed by atoms with van der Waals surface area (Å²) in [6, 6.07) is 3.90. The van der Waals surface area contributed by atoms with Crippen LogP contribution < -0.4 is 10.1 Å². The lowest BCUT2D eigenvalue weighted by Crippen LogP contribution is -2.41. The van der Waals surface area contributed by atoms with Crippen LogP contribution in [-0.4, -0.2) is 16.6 Å². The Balaban J connectivity index is 2.53. The van der Waals surface area contributed by atoms with Crippen molar-refractivity contribution in [3.05, 3.63) is 28.8 Å². The first kappa shape index (κ1) is 16.8. The van der Waals surface area contributed by atoms with Crippen LogP contribution >= 0.6 is 0 Å². The van der Waals surface area contributed by atoms with E-state index >= 15 is 0 Å². The summed E-state index contributed by atoms with van der Waals surface area (Å²) in [6.07, 6.45) is 1.48. The number of carbonyl (C=O) groups excluding carboxylic acids is 1. The van der Waals surface area contributed by atoms with E-state index in [4.69, 9.17) is 4.74 Å². The molecule has 4 heteroatoms. The zero-order valence-electron chi connectivity index (χ0n) is 14.2. The Labute approximate surface area is 132 Å². The number of fused-ring (bicyclic) bond motifs is 1. The van der Waals surface area contributed by atoms with Crippen LogP contribution in [0.25, 0.3) is 0 Å². The van der Waals surface area contributed by atoms with Crippen LogP contribution in [0.4, 0.5) is 0 Å². The van der Waals surface area contributed by atoms with Crippen molar-refractivity contribution < 1.29 is 14.6 Å². The second-order valence-corrected chi connectivity index (χ2v) is 6.67. The highest BCUT2D eigenvalue weighted by atomic mass is 16.5. The predicted octanol–water partition coefficient (Wildman–Crippen LogP) is 3.43. The van der Waals surface area contributed by atoms with Crippen molar-refractivity contribution in [1.82, 2.24) is 5.32 Å². The van der Waals surface area contributed by atoms with E-state index in [1.54, 1.807) is 6.92 Å². The molecule has 2 N–H and O–H groups in total. The first-order valence-corrected chi connectivity index (χ1v) is 8.10. The summed E-state index contributed by atoms with van der Waals surface area (Å²) in [5.74, 6) is 0.902. The number of rotatable bonds is 4. The monoisotopic (exact) mass is 305 g/mol. The molecule has 0 saturated carbocycles. The molecule has 0 fully saturated rings. The van der Waals surface area contributed by atoms with Crippen LogP contribution in [0.1, 0.15) is 76.3 Å².